The molecule has 2 fully saturated rings. The second-order valence-electron chi connectivity index (χ2n) is 15.5. The van der Waals surface area contributed by atoms with Crippen LogP contribution in [0.4, 0.5) is 22.6 Å². The summed E-state index contributed by atoms with van der Waals surface area (Å²) in [5, 5.41) is 18.8. The molecule has 2 aromatic carbocycles. The number of amides is 4. The molecule has 2 aliphatic heterocycles. The maximum atomic E-state index is 12.6. The second kappa shape index (κ2) is 18.8. The Morgan fingerprint density at radius 3 is 1.58 bits per heavy atom. The molecule has 8 heterocycles. The predicted octanol–water partition coefficient (Wildman–Crippen LogP) is 5.43. The average molecular weight is 915 g/mol. The first-order valence-corrected chi connectivity index (χ1v) is 21.9. The summed E-state index contributed by atoms with van der Waals surface area (Å²) in [5.41, 5.74) is 17.4. The molecule has 2 unspecified atom stereocenters. The molecular formula is C46H42N16O4S. The highest BCUT2D eigenvalue weighted by molar-refractivity contribution is 7.13. The molecule has 2 saturated heterocycles. The predicted molar refractivity (Wildman–Crippen MR) is 253 cm³/mol. The van der Waals surface area contributed by atoms with Crippen LogP contribution < -0.4 is 22.1 Å². The van der Waals surface area contributed by atoms with E-state index in [1.807, 2.05) is 33.6 Å². The summed E-state index contributed by atoms with van der Waals surface area (Å²) in [4.78, 5) is 77.9. The summed E-state index contributed by atoms with van der Waals surface area (Å²) < 4.78 is 3.64. The number of nitrogen functional groups attached to an aromatic ring is 2. The van der Waals surface area contributed by atoms with Crippen LogP contribution in [0.15, 0.2) is 122 Å². The number of nitrogens with zero attached hydrogens (tertiary/aromatic N) is 12. The Labute approximate surface area is 386 Å². The van der Waals surface area contributed by atoms with Gasteiger partial charge < -0.3 is 26.6 Å². The first-order chi connectivity index (χ1) is 32.6. The Morgan fingerprint density at radius 1 is 0.627 bits per heavy atom. The van der Waals surface area contributed by atoms with Crippen LogP contribution >= 0.6 is 11.3 Å². The standard InChI is InChI=1S/C24H22N8O2.C22H20N8O2S/c1-2-19(33)31-12-10-17(13-31)32-23-20(22(25)27-14-28-23)21(30-32)15-6-8-16(9-7-15)24(34)29-18-5-3-4-11-26-18;1-2-16(31)29-9-7-15(11-29)30-20-17(19(23)25-12-26-20)18(28-30)13-3-5-14(6-4-13)21(32)27-22-24-8-10-33-22/h2-9,11,14,17H,1,10,12-13H2,(H2,25,27,28)(H,26,29,34);2-6,8,10,12,15H,1,7,9,11H2,(H2,23,25,26)(H,24,27,32). The van der Waals surface area contributed by atoms with Crippen LogP contribution in [0.25, 0.3) is 44.6 Å². The number of carbonyl (C=O) groups excluding carboxylic acids is 4. The Hall–Kier alpha value is -8.72. The van der Waals surface area contributed by atoms with Gasteiger partial charge in [0.1, 0.15) is 41.5 Å². The molecule has 0 radical (unpaired) electrons. The van der Waals surface area contributed by atoms with Crippen LogP contribution in [0.1, 0.15) is 45.6 Å². The molecule has 0 bridgehead atoms. The lowest BCUT2D eigenvalue weighted by molar-refractivity contribution is -0.125. The monoisotopic (exact) mass is 914 g/mol. The quantitative estimate of drug-likeness (QED) is 0.125. The van der Waals surface area contributed by atoms with E-state index in [0.29, 0.717) is 93.3 Å². The number of thiazole rings is 1. The number of carbonyl (C=O) groups is 4. The number of aromatic nitrogens is 10. The topological polar surface area (TPSA) is 264 Å². The molecule has 2 aliphatic rings. The number of nitrogens with one attached hydrogen (secondary N) is 2. The number of fused-ring (bicyclic) bond motifs is 2. The molecule has 67 heavy (non-hydrogen) atoms. The van der Waals surface area contributed by atoms with E-state index in [2.05, 4.69) is 53.7 Å². The maximum absolute atomic E-state index is 12.6. The van der Waals surface area contributed by atoms with Crippen molar-refractivity contribution in [2.45, 2.75) is 24.9 Å². The molecule has 2 atom stereocenters. The fourth-order valence-electron chi connectivity index (χ4n) is 8.08. The first-order valence-electron chi connectivity index (χ1n) is 21.0. The van der Waals surface area contributed by atoms with Gasteiger partial charge >= 0.3 is 0 Å². The Bertz CT molecular complexity index is 3150. The Morgan fingerprint density at radius 2 is 1.13 bits per heavy atom. The van der Waals surface area contributed by atoms with Crippen molar-refractivity contribution in [3.63, 3.8) is 0 Å². The lowest BCUT2D eigenvalue weighted by Gasteiger charge is -2.14. The lowest BCUT2D eigenvalue weighted by Crippen LogP contribution is -2.27. The molecular weight excluding hydrogens is 873 g/mol. The Kier molecular flexibility index (Phi) is 12.2. The summed E-state index contributed by atoms with van der Waals surface area (Å²) >= 11 is 1.35. The number of benzene rings is 2. The summed E-state index contributed by atoms with van der Waals surface area (Å²) in [5.74, 6) is 0.410. The molecule has 0 aliphatic carbocycles. The molecule has 0 saturated carbocycles. The van der Waals surface area contributed by atoms with E-state index < -0.39 is 0 Å². The van der Waals surface area contributed by atoms with Gasteiger partial charge in [0.25, 0.3) is 11.8 Å². The summed E-state index contributed by atoms with van der Waals surface area (Å²) in [6.07, 6.45) is 10.2. The zero-order valence-electron chi connectivity index (χ0n) is 35.8. The van der Waals surface area contributed by atoms with Crippen LogP contribution in [-0.2, 0) is 9.59 Å². The largest absolute Gasteiger partial charge is 0.383 e. The van der Waals surface area contributed by atoms with E-state index in [1.54, 1.807) is 70.0 Å². The van der Waals surface area contributed by atoms with Gasteiger partial charge in [-0.25, -0.2) is 39.3 Å². The minimum absolute atomic E-state index is 0.0391. The van der Waals surface area contributed by atoms with Gasteiger partial charge in [0.05, 0.1) is 22.9 Å². The molecule has 21 heteroatoms. The third-order valence-corrected chi connectivity index (χ3v) is 12.1. The lowest BCUT2D eigenvalue weighted by atomic mass is 10.1. The number of pyridine rings is 1. The van der Waals surface area contributed by atoms with Crippen molar-refractivity contribution >= 4 is 79.6 Å². The average Bonchev–Trinajstić information content (AvgIpc) is 4.22. The van der Waals surface area contributed by atoms with Crippen LogP contribution in [-0.4, -0.2) is 109 Å². The van der Waals surface area contributed by atoms with Crippen molar-refractivity contribution in [2.24, 2.45) is 0 Å². The Balaban J connectivity index is 0.000000168. The van der Waals surface area contributed by atoms with Crippen molar-refractivity contribution in [2.75, 3.05) is 48.3 Å². The zero-order chi connectivity index (χ0) is 46.6. The van der Waals surface area contributed by atoms with Gasteiger partial charge in [-0.2, -0.15) is 10.2 Å². The molecule has 6 N–H and O–H groups in total. The van der Waals surface area contributed by atoms with Crippen molar-refractivity contribution < 1.29 is 19.2 Å². The van der Waals surface area contributed by atoms with Gasteiger partial charge in [-0.05, 0) is 61.4 Å². The highest BCUT2D eigenvalue weighted by atomic mass is 32.1. The number of anilines is 4. The number of hydrogen-bond donors (Lipinski definition) is 4. The van der Waals surface area contributed by atoms with Gasteiger partial charge in [-0.15, -0.1) is 11.3 Å². The number of nitrogens with two attached hydrogens (primary N) is 2. The first kappa shape index (κ1) is 43.5. The zero-order valence-corrected chi connectivity index (χ0v) is 36.6. The van der Waals surface area contributed by atoms with Gasteiger partial charge in [0.15, 0.2) is 16.4 Å². The number of hydrogen-bond acceptors (Lipinski definition) is 15. The van der Waals surface area contributed by atoms with Gasteiger partial charge in [0.2, 0.25) is 11.8 Å². The van der Waals surface area contributed by atoms with Crippen molar-refractivity contribution in [1.82, 2.24) is 59.3 Å². The molecule has 8 aromatic rings. The third kappa shape index (κ3) is 8.90. The highest BCUT2D eigenvalue weighted by Crippen LogP contribution is 2.36. The number of rotatable bonds is 10. The van der Waals surface area contributed by atoms with Crippen LogP contribution in [0, 0.1) is 0 Å². The SMILES string of the molecule is C=CC(=O)N1CCC(n2nc(-c3ccc(C(=O)Nc4ccccn4)cc3)c3c(N)ncnc32)C1.C=CC(=O)N1CCC(n2nc(-c3ccc(C(=O)Nc4nccs4)cc3)c3c(N)ncnc32)C1. The molecule has 20 nitrogen and oxygen atoms in total. The minimum atomic E-state index is -0.263. The highest BCUT2D eigenvalue weighted by Gasteiger charge is 2.32. The van der Waals surface area contributed by atoms with Gasteiger partial charge in [-0.1, -0.05) is 43.5 Å². The molecule has 0 spiro atoms. The summed E-state index contributed by atoms with van der Waals surface area (Å²) in [6, 6.07) is 19.4. The fraction of sp³-hybridized carbons (Fsp3) is 0.174. The normalized spacial score (nSPS) is 15.5. The minimum Gasteiger partial charge on any atom is -0.383 e. The summed E-state index contributed by atoms with van der Waals surface area (Å²) in [7, 11) is 0. The van der Waals surface area contributed by atoms with E-state index in [1.165, 1.54) is 36.1 Å². The second-order valence-corrected chi connectivity index (χ2v) is 16.4. The van der Waals surface area contributed by atoms with Crippen molar-refractivity contribution in [1.29, 1.82) is 0 Å². The van der Waals surface area contributed by atoms with Crippen LogP contribution in [0.2, 0.25) is 0 Å². The van der Waals surface area contributed by atoms with E-state index >= 15 is 0 Å². The van der Waals surface area contributed by atoms with E-state index in [9.17, 15) is 19.2 Å². The molecule has 10 rings (SSSR count). The van der Waals surface area contributed by atoms with E-state index in [-0.39, 0.29) is 35.7 Å². The maximum Gasteiger partial charge on any atom is 0.257 e. The van der Waals surface area contributed by atoms with E-state index in [4.69, 9.17) is 21.7 Å². The van der Waals surface area contributed by atoms with Gasteiger partial charge in [0, 0.05) is 66.2 Å². The van der Waals surface area contributed by atoms with E-state index in [0.717, 1.165) is 24.0 Å². The molecule has 6 aromatic heterocycles. The van der Waals surface area contributed by atoms with Crippen molar-refractivity contribution in [3.05, 3.63) is 134 Å². The smallest absolute Gasteiger partial charge is 0.257 e. The van der Waals surface area contributed by atoms with Crippen molar-refractivity contribution in [3.8, 4) is 22.5 Å². The molecule has 336 valence electrons. The molecule has 4 amide bonds. The fourth-order valence-corrected chi connectivity index (χ4v) is 8.61. The number of likely N-dealkylation sites (tertiary alicyclic amines) is 2. The van der Waals surface area contributed by atoms with Gasteiger partial charge in [-0.3, -0.25) is 24.5 Å². The van der Waals surface area contributed by atoms with Crippen LogP contribution in [0.3, 0.4) is 0 Å². The van der Waals surface area contributed by atoms with Crippen LogP contribution in [0.5, 0.6) is 0 Å². The summed E-state index contributed by atoms with van der Waals surface area (Å²) in [6.45, 7) is 9.40. The third-order valence-electron chi connectivity index (χ3n) is 11.4.